The fraction of sp³-hybridized carbons (Fsp3) is 0.182. The molecule has 3 nitrogen and oxygen atoms in total. The van der Waals surface area contributed by atoms with Crippen LogP contribution in [0.4, 0.5) is 5.69 Å². The Kier molecular flexibility index (Phi) is 2.00. The maximum atomic E-state index is 5.96. The molecule has 0 saturated carbocycles. The number of imidazole rings is 1. The SMILES string of the molecule is Cc1cc(C)c(-n2ccnc2)c(N)c1. The zero-order valence-electron chi connectivity index (χ0n) is 8.36. The summed E-state index contributed by atoms with van der Waals surface area (Å²) in [6, 6.07) is 4.09. The summed E-state index contributed by atoms with van der Waals surface area (Å²) in [5.41, 5.74) is 10.1. The lowest BCUT2D eigenvalue weighted by molar-refractivity contribution is 1.04. The Labute approximate surface area is 83.2 Å². The Morgan fingerprint density at radius 1 is 1.29 bits per heavy atom. The van der Waals surface area contributed by atoms with Gasteiger partial charge in [-0.1, -0.05) is 6.07 Å². The van der Waals surface area contributed by atoms with E-state index in [0.29, 0.717) is 0 Å². The van der Waals surface area contributed by atoms with Gasteiger partial charge in [-0.15, -0.1) is 0 Å². The number of hydrogen-bond donors (Lipinski definition) is 1. The Balaban J connectivity index is 2.64. The first kappa shape index (κ1) is 8.81. The van der Waals surface area contributed by atoms with Gasteiger partial charge in [-0.3, -0.25) is 0 Å². The molecule has 0 amide bonds. The van der Waals surface area contributed by atoms with Crippen molar-refractivity contribution in [1.29, 1.82) is 0 Å². The van der Waals surface area contributed by atoms with E-state index in [1.807, 2.05) is 23.8 Å². The molecule has 2 rings (SSSR count). The van der Waals surface area contributed by atoms with Crippen LogP contribution in [0.1, 0.15) is 11.1 Å². The maximum Gasteiger partial charge on any atom is 0.0992 e. The number of nitrogen functional groups attached to an aromatic ring is 1. The molecule has 2 aromatic rings. The minimum atomic E-state index is 0.792. The van der Waals surface area contributed by atoms with Gasteiger partial charge in [-0.25, -0.2) is 4.98 Å². The number of aryl methyl sites for hydroxylation is 2. The summed E-state index contributed by atoms with van der Waals surface area (Å²) in [5, 5.41) is 0. The van der Waals surface area contributed by atoms with Crippen LogP contribution in [-0.4, -0.2) is 9.55 Å². The molecule has 3 heteroatoms. The number of nitrogens with two attached hydrogens (primary N) is 1. The first-order chi connectivity index (χ1) is 6.68. The van der Waals surface area contributed by atoms with Crippen LogP contribution >= 0.6 is 0 Å². The van der Waals surface area contributed by atoms with Crippen molar-refractivity contribution >= 4 is 5.69 Å². The normalized spacial score (nSPS) is 10.4. The number of rotatable bonds is 1. The van der Waals surface area contributed by atoms with Crippen molar-refractivity contribution in [2.24, 2.45) is 0 Å². The second kappa shape index (κ2) is 3.18. The van der Waals surface area contributed by atoms with Gasteiger partial charge in [0.1, 0.15) is 0 Å². The fourth-order valence-corrected chi connectivity index (χ4v) is 1.74. The molecule has 2 N–H and O–H groups in total. The molecule has 1 aromatic carbocycles. The Morgan fingerprint density at radius 2 is 2.07 bits per heavy atom. The molecule has 1 heterocycles. The molecule has 0 bridgehead atoms. The van der Waals surface area contributed by atoms with E-state index in [-0.39, 0.29) is 0 Å². The molecule has 0 fully saturated rings. The number of aromatic nitrogens is 2. The van der Waals surface area contributed by atoms with Gasteiger partial charge in [0.25, 0.3) is 0 Å². The highest BCUT2D eigenvalue weighted by Crippen LogP contribution is 2.22. The first-order valence-electron chi connectivity index (χ1n) is 4.53. The molecule has 1 aromatic heterocycles. The molecule has 0 aliphatic heterocycles. The van der Waals surface area contributed by atoms with E-state index in [2.05, 4.69) is 18.0 Å². The van der Waals surface area contributed by atoms with Gasteiger partial charge in [0.05, 0.1) is 17.7 Å². The Hall–Kier alpha value is -1.77. The highest BCUT2D eigenvalue weighted by Gasteiger charge is 2.05. The van der Waals surface area contributed by atoms with Crippen LogP contribution < -0.4 is 5.73 Å². The second-order valence-corrected chi connectivity index (χ2v) is 3.49. The molecule has 0 aliphatic carbocycles. The van der Waals surface area contributed by atoms with E-state index >= 15 is 0 Å². The van der Waals surface area contributed by atoms with Crippen LogP contribution in [0.5, 0.6) is 0 Å². The van der Waals surface area contributed by atoms with Crippen LogP contribution in [-0.2, 0) is 0 Å². The van der Waals surface area contributed by atoms with E-state index in [9.17, 15) is 0 Å². The summed E-state index contributed by atoms with van der Waals surface area (Å²) in [7, 11) is 0. The number of anilines is 1. The highest BCUT2D eigenvalue weighted by atomic mass is 15.0. The fourth-order valence-electron chi connectivity index (χ4n) is 1.74. The lowest BCUT2D eigenvalue weighted by atomic mass is 10.1. The number of benzene rings is 1. The summed E-state index contributed by atoms with van der Waals surface area (Å²) < 4.78 is 1.93. The van der Waals surface area contributed by atoms with Crippen molar-refractivity contribution in [3.63, 3.8) is 0 Å². The summed E-state index contributed by atoms with van der Waals surface area (Å²) in [5.74, 6) is 0. The number of hydrogen-bond acceptors (Lipinski definition) is 2. The van der Waals surface area contributed by atoms with Crippen molar-refractivity contribution in [3.05, 3.63) is 42.0 Å². The van der Waals surface area contributed by atoms with Crippen molar-refractivity contribution < 1.29 is 0 Å². The van der Waals surface area contributed by atoms with E-state index in [1.54, 1.807) is 12.5 Å². The molecule has 0 saturated heterocycles. The largest absolute Gasteiger partial charge is 0.397 e. The van der Waals surface area contributed by atoms with Crippen LogP contribution in [0.15, 0.2) is 30.9 Å². The molecular weight excluding hydrogens is 174 g/mol. The first-order valence-corrected chi connectivity index (χ1v) is 4.53. The van der Waals surface area contributed by atoms with Gasteiger partial charge >= 0.3 is 0 Å². The van der Waals surface area contributed by atoms with E-state index in [1.165, 1.54) is 11.1 Å². The average Bonchev–Trinajstić information content (AvgIpc) is 2.54. The van der Waals surface area contributed by atoms with Crippen molar-refractivity contribution in [3.8, 4) is 5.69 Å². The third-order valence-corrected chi connectivity index (χ3v) is 2.24. The van der Waals surface area contributed by atoms with Crippen LogP contribution in [0, 0.1) is 13.8 Å². The zero-order valence-corrected chi connectivity index (χ0v) is 8.36. The van der Waals surface area contributed by atoms with E-state index < -0.39 is 0 Å². The zero-order chi connectivity index (χ0) is 10.1. The summed E-state index contributed by atoms with van der Waals surface area (Å²) in [4.78, 5) is 4.01. The smallest absolute Gasteiger partial charge is 0.0992 e. The molecule has 72 valence electrons. The van der Waals surface area contributed by atoms with Gasteiger partial charge in [0.2, 0.25) is 0 Å². The van der Waals surface area contributed by atoms with Gasteiger partial charge in [-0.05, 0) is 31.0 Å². The molecule has 0 atom stereocenters. The molecule has 0 unspecified atom stereocenters. The maximum absolute atomic E-state index is 5.96. The summed E-state index contributed by atoms with van der Waals surface area (Å²) >= 11 is 0. The molecule has 0 aliphatic rings. The minimum Gasteiger partial charge on any atom is -0.397 e. The van der Waals surface area contributed by atoms with Gasteiger partial charge < -0.3 is 10.3 Å². The third kappa shape index (κ3) is 1.37. The van der Waals surface area contributed by atoms with Crippen LogP contribution in [0.2, 0.25) is 0 Å². The third-order valence-electron chi connectivity index (χ3n) is 2.24. The molecule has 0 radical (unpaired) electrons. The predicted molar refractivity (Wildman–Crippen MR) is 57.5 cm³/mol. The minimum absolute atomic E-state index is 0.792. The molecular formula is C11H13N3. The Morgan fingerprint density at radius 3 is 2.64 bits per heavy atom. The lowest BCUT2D eigenvalue weighted by Crippen LogP contribution is -2.00. The van der Waals surface area contributed by atoms with Gasteiger partial charge in [-0.2, -0.15) is 0 Å². The molecule has 0 spiro atoms. The summed E-state index contributed by atoms with van der Waals surface area (Å²) in [6.45, 7) is 4.10. The van der Waals surface area contributed by atoms with Gasteiger partial charge in [0, 0.05) is 12.4 Å². The van der Waals surface area contributed by atoms with Crippen molar-refractivity contribution in [2.45, 2.75) is 13.8 Å². The highest BCUT2D eigenvalue weighted by molar-refractivity contribution is 5.63. The quantitative estimate of drug-likeness (QED) is 0.694. The van der Waals surface area contributed by atoms with Crippen LogP contribution in [0.25, 0.3) is 5.69 Å². The number of nitrogens with zero attached hydrogens (tertiary/aromatic N) is 2. The topological polar surface area (TPSA) is 43.8 Å². The monoisotopic (exact) mass is 187 g/mol. The molecule has 14 heavy (non-hydrogen) atoms. The van der Waals surface area contributed by atoms with Gasteiger partial charge in [0.15, 0.2) is 0 Å². The Bertz CT molecular complexity index is 421. The van der Waals surface area contributed by atoms with E-state index in [4.69, 9.17) is 5.73 Å². The summed E-state index contributed by atoms with van der Waals surface area (Å²) in [6.07, 6.45) is 5.40. The van der Waals surface area contributed by atoms with Crippen molar-refractivity contribution in [2.75, 3.05) is 5.73 Å². The van der Waals surface area contributed by atoms with Crippen LogP contribution in [0.3, 0.4) is 0 Å². The van der Waals surface area contributed by atoms with Crippen molar-refractivity contribution in [1.82, 2.24) is 9.55 Å². The second-order valence-electron chi connectivity index (χ2n) is 3.49. The van der Waals surface area contributed by atoms with E-state index in [0.717, 1.165) is 11.4 Å². The standard InChI is InChI=1S/C11H13N3/c1-8-5-9(2)11(10(12)6-8)14-4-3-13-7-14/h3-7H,12H2,1-2H3. The average molecular weight is 187 g/mol. The predicted octanol–water partition coefficient (Wildman–Crippen LogP) is 2.07. The lowest BCUT2D eigenvalue weighted by Gasteiger charge is -2.11.